The molecule has 0 aliphatic carbocycles. The third kappa shape index (κ3) is 2.09. The summed E-state index contributed by atoms with van der Waals surface area (Å²) < 4.78 is 6.97. The van der Waals surface area contributed by atoms with Crippen LogP contribution in [-0.2, 0) is 7.05 Å². The molecule has 0 aliphatic rings. The summed E-state index contributed by atoms with van der Waals surface area (Å²) in [6.07, 6.45) is 0. The molecule has 3 aromatic rings. The van der Waals surface area contributed by atoms with Gasteiger partial charge < -0.3 is 15.5 Å². The largest absolute Gasteiger partial charge is 0.497 e. The van der Waals surface area contributed by atoms with E-state index in [1.807, 2.05) is 32.2 Å². The minimum atomic E-state index is 0.690. The van der Waals surface area contributed by atoms with E-state index >= 15 is 0 Å². The van der Waals surface area contributed by atoms with Crippen molar-refractivity contribution in [2.45, 2.75) is 17.1 Å². The fraction of sp³-hybridized carbons (Fsp3) is 0.231. The van der Waals surface area contributed by atoms with Crippen LogP contribution in [0.5, 0.6) is 5.75 Å². The van der Waals surface area contributed by atoms with Crippen molar-refractivity contribution in [3.63, 3.8) is 0 Å². The second-order valence-corrected chi connectivity index (χ2v) is 5.43. The Labute approximate surface area is 120 Å². The molecule has 0 atom stereocenters. The maximum atomic E-state index is 6.03. The van der Waals surface area contributed by atoms with Crippen LogP contribution in [0.15, 0.2) is 28.4 Å². The average Bonchev–Trinajstić information content (AvgIpc) is 2.94. The van der Waals surface area contributed by atoms with Crippen LogP contribution in [-0.4, -0.2) is 26.9 Å². The summed E-state index contributed by atoms with van der Waals surface area (Å²) in [7, 11) is 3.52. The number of aromatic nitrogens is 4. The van der Waals surface area contributed by atoms with E-state index in [-0.39, 0.29) is 0 Å². The zero-order valence-corrected chi connectivity index (χ0v) is 12.3. The molecule has 104 valence electrons. The summed E-state index contributed by atoms with van der Waals surface area (Å²) in [4.78, 5) is 7.79. The first kappa shape index (κ1) is 12.9. The van der Waals surface area contributed by atoms with Gasteiger partial charge in [0, 0.05) is 13.1 Å². The number of rotatable bonds is 3. The maximum Gasteiger partial charge on any atom is 0.172 e. The van der Waals surface area contributed by atoms with Crippen molar-refractivity contribution in [2.24, 2.45) is 7.05 Å². The molecule has 7 heteroatoms. The molecular formula is C13H15N5OS. The van der Waals surface area contributed by atoms with Gasteiger partial charge >= 0.3 is 0 Å². The number of hydrogen-bond donors (Lipinski definition) is 2. The zero-order chi connectivity index (χ0) is 14.3. The van der Waals surface area contributed by atoms with E-state index in [0.717, 1.165) is 32.7 Å². The van der Waals surface area contributed by atoms with Crippen LogP contribution < -0.4 is 10.5 Å². The van der Waals surface area contributed by atoms with Crippen molar-refractivity contribution in [1.82, 2.24) is 19.7 Å². The summed E-state index contributed by atoms with van der Waals surface area (Å²) >= 11 is 1.47. The second kappa shape index (κ2) is 4.75. The van der Waals surface area contributed by atoms with Crippen molar-refractivity contribution in [1.29, 1.82) is 0 Å². The minimum absolute atomic E-state index is 0.690. The Hall–Kier alpha value is -2.15. The van der Waals surface area contributed by atoms with Crippen LogP contribution in [0.2, 0.25) is 0 Å². The molecular weight excluding hydrogens is 274 g/mol. The highest BCUT2D eigenvalue weighted by Gasteiger charge is 2.14. The van der Waals surface area contributed by atoms with Crippen molar-refractivity contribution >= 4 is 28.5 Å². The number of anilines is 1. The van der Waals surface area contributed by atoms with Crippen LogP contribution in [0.25, 0.3) is 11.0 Å². The quantitative estimate of drug-likeness (QED) is 0.773. The number of benzene rings is 1. The Morgan fingerprint density at radius 3 is 2.85 bits per heavy atom. The van der Waals surface area contributed by atoms with Crippen molar-refractivity contribution in [2.75, 3.05) is 12.8 Å². The van der Waals surface area contributed by atoms with E-state index in [9.17, 15) is 0 Å². The first-order valence-electron chi connectivity index (χ1n) is 6.09. The van der Waals surface area contributed by atoms with Gasteiger partial charge in [0.15, 0.2) is 5.16 Å². The van der Waals surface area contributed by atoms with E-state index in [2.05, 4.69) is 15.1 Å². The first-order chi connectivity index (χ1) is 9.58. The van der Waals surface area contributed by atoms with Crippen molar-refractivity contribution in [3.05, 3.63) is 23.9 Å². The van der Waals surface area contributed by atoms with E-state index < -0.39 is 0 Å². The fourth-order valence-corrected chi connectivity index (χ4v) is 2.93. The summed E-state index contributed by atoms with van der Waals surface area (Å²) in [5.74, 6) is 0.800. The number of nitrogen functional groups attached to an aromatic ring is 1. The van der Waals surface area contributed by atoms with Gasteiger partial charge in [-0.25, -0.2) is 4.98 Å². The molecule has 3 N–H and O–H groups in total. The zero-order valence-electron chi connectivity index (χ0n) is 11.5. The summed E-state index contributed by atoms with van der Waals surface area (Å²) in [6.45, 7) is 1.89. The molecule has 0 bridgehead atoms. The molecule has 0 unspecified atom stereocenters. The van der Waals surface area contributed by atoms with Gasteiger partial charge in [0.25, 0.3) is 0 Å². The summed E-state index contributed by atoms with van der Waals surface area (Å²) in [6, 6.07) is 5.73. The van der Waals surface area contributed by atoms with Gasteiger partial charge in [0.1, 0.15) is 10.8 Å². The lowest BCUT2D eigenvalue weighted by Gasteiger charge is -1.99. The average molecular weight is 289 g/mol. The third-order valence-electron chi connectivity index (χ3n) is 3.07. The lowest BCUT2D eigenvalue weighted by Crippen LogP contribution is -1.94. The van der Waals surface area contributed by atoms with Crippen molar-refractivity contribution < 1.29 is 4.74 Å². The second-order valence-electron chi connectivity index (χ2n) is 4.45. The van der Waals surface area contributed by atoms with E-state index in [4.69, 9.17) is 10.5 Å². The predicted molar refractivity (Wildman–Crippen MR) is 79.1 cm³/mol. The van der Waals surface area contributed by atoms with Gasteiger partial charge in [-0.1, -0.05) is 0 Å². The van der Waals surface area contributed by atoms with Gasteiger partial charge in [0.05, 0.1) is 29.5 Å². The Balaban J connectivity index is 1.98. The number of methoxy groups -OCH3 is 1. The summed E-state index contributed by atoms with van der Waals surface area (Å²) in [5, 5.41) is 5.96. The molecule has 0 radical (unpaired) electrons. The van der Waals surface area contributed by atoms with Crippen LogP contribution in [0.3, 0.4) is 0 Å². The van der Waals surface area contributed by atoms with Crippen LogP contribution in [0.4, 0.5) is 5.69 Å². The molecule has 3 rings (SSSR count). The van der Waals surface area contributed by atoms with E-state index in [1.165, 1.54) is 11.8 Å². The number of fused-ring (bicyclic) bond motifs is 1. The number of aryl methyl sites for hydroxylation is 2. The number of nitrogens with zero attached hydrogens (tertiary/aromatic N) is 3. The lowest BCUT2D eigenvalue weighted by atomic mass is 10.3. The Morgan fingerprint density at radius 2 is 2.20 bits per heavy atom. The maximum absolute atomic E-state index is 6.03. The first-order valence-corrected chi connectivity index (χ1v) is 6.91. The van der Waals surface area contributed by atoms with Crippen LogP contribution in [0, 0.1) is 6.92 Å². The predicted octanol–water partition coefficient (Wildman–Crippen LogP) is 2.35. The number of H-pyrrole nitrogens is 1. The third-order valence-corrected chi connectivity index (χ3v) is 4.14. The molecule has 0 spiro atoms. The smallest absolute Gasteiger partial charge is 0.172 e. The molecule has 0 saturated heterocycles. The number of aromatic amines is 1. The van der Waals surface area contributed by atoms with Crippen LogP contribution in [0.1, 0.15) is 5.69 Å². The molecule has 0 fully saturated rings. The lowest BCUT2D eigenvalue weighted by molar-refractivity contribution is 0.415. The number of ether oxygens (including phenoxy) is 1. The van der Waals surface area contributed by atoms with Gasteiger partial charge in [-0.05, 0) is 30.8 Å². The minimum Gasteiger partial charge on any atom is -0.497 e. The molecule has 6 nitrogen and oxygen atoms in total. The van der Waals surface area contributed by atoms with Crippen LogP contribution >= 0.6 is 11.8 Å². The monoisotopic (exact) mass is 289 g/mol. The van der Waals surface area contributed by atoms with Crippen molar-refractivity contribution in [3.8, 4) is 5.75 Å². The number of nitrogens with two attached hydrogens (primary N) is 1. The number of imidazole rings is 1. The Morgan fingerprint density at radius 1 is 1.40 bits per heavy atom. The normalized spacial score (nSPS) is 11.2. The Kier molecular flexibility index (Phi) is 3.06. The van der Waals surface area contributed by atoms with Gasteiger partial charge in [-0.3, -0.25) is 4.68 Å². The standard InChI is InChI=1S/C13H15N5OS/c1-7-11(14)12(18(2)17-7)20-13-15-9-5-4-8(19-3)6-10(9)16-13/h4-6H,14H2,1-3H3,(H,15,16). The molecule has 2 heterocycles. The Bertz CT molecular complexity index is 777. The van der Waals surface area contributed by atoms with E-state index in [0.29, 0.717) is 5.69 Å². The molecule has 0 amide bonds. The molecule has 20 heavy (non-hydrogen) atoms. The number of hydrogen-bond acceptors (Lipinski definition) is 5. The highest BCUT2D eigenvalue weighted by molar-refractivity contribution is 7.99. The van der Waals surface area contributed by atoms with Gasteiger partial charge in [0.2, 0.25) is 0 Å². The number of nitrogens with one attached hydrogen (secondary N) is 1. The topological polar surface area (TPSA) is 81.8 Å². The molecule has 0 saturated carbocycles. The SMILES string of the molecule is COc1ccc2nc(Sc3c(N)c(C)nn3C)[nH]c2c1. The van der Waals surface area contributed by atoms with E-state index in [1.54, 1.807) is 11.8 Å². The summed E-state index contributed by atoms with van der Waals surface area (Å²) in [5.41, 5.74) is 9.37. The fourth-order valence-electron chi connectivity index (χ4n) is 2.01. The van der Waals surface area contributed by atoms with Gasteiger partial charge in [-0.2, -0.15) is 5.10 Å². The highest BCUT2D eigenvalue weighted by Crippen LogP contribution is 2.33. The molecule has 2 aromatic heterocycles. The molecule has 1 aromatic carbocycles. The van der Waals surface area contributed by atoms with Gasteiger partial charge in [-0.15, -0.1) is 0 Å². The highest BCUT2D eigenvalue weighted by atomic mass is 32.2. The molecule has 0 aliphatic heterocycles.